The van der Waals surface area contributed by atoms with Crippen molar-refractivity contribution in [3.8, 4) is 0 Å². The van der Waals surface area contributed by atoms with E-state index in [1.165, 1.54) is 7.11 Å². The molecule has 0 amide bonds. The first-order chi connectivity index (χ1) is 8.02. The van der Waals surface area contributed by atoms with Gasteiger partial charge in [0.2, 0.25) is 0 Å². The van der Waals surface area contributed by atoms with Crippen molar-refractivity contribution in [2.24, 2.45) is 5.92 Å². The summed E-state index contributed by atoms with van der Waals surface area (Å²) in [6.07, 6.45) is 2.35. The number of aliphatic hydroxyl groups excluding tert-OH is 1. The molecule has 17 heavy (non-hydrogen) atoms. The van der Waals surface area contributed by atoms with E-state index in [1.807, 2.05) is 6.92 Å². The van der Waals surface area contributed by atoms with Gasteiger partial charge in [0.05, 0.1) is 19.1 Å². The number of carbonyl (C=O) groups is 2. The number of carboxylic acid groups (broad SMARTS) is 1. The summed E-state index contributed by atoms with van der Waals surface area (Å²) in [5, 5.41) is 18.7. The van der Waals surface area contributed by atoms with Gasteiger partial charge in [-0.3, -0.25) is 9.59 Å². The van der Waals surface area contributed by atoms with E-state index in [0.717, 1.165) is 6.42 Å². The highest BCUT2D eigenvalue weighted by Crippen LogP contribution is 2.17. The van der Waals surface area contributed by atoms with Crippen LogP contribution >= 0.6 is 0 Å². The van der Waals surface area contributed by atoms with Crippen LogP contribution in [0.1, 0.15) is 45.4 Å². The molecule has 0 aliphatic carbocycles. The summed E-state index contributed by atoms with van der Waals surface area (Å²) in [6, 6.07) is 0. The van der Waals surface area contributed by atoms with Gasteiger partial charge in [-0.25, -0.2) is 0 Å². The number of carboxylic acids is 1. The molecule has 0 rings (SSSR count). The van der Waals surface area contributed by atoms with Crippen molar-refractivity contribution in [1.82, 2.24) is 0 Å². The van der Waals surface area contributed by atoms with Crippen LogP contribution in [0.15, 0.2) is 0 Å². The maximum Gasteiger partial charge on any atom is 0.309 e. The molecule has 0 saturated carbocycles. The van der Waals surface area contributed by atoms with E-state index in [2.05, 4.69) is 4.74 Å². The Morgan fingerprint density at radius 2 is 1.88 bits per heavy atom. The average molecular weight is 246 g/mol. The largest absolute Gasteiger partial charge is 0.481 e. The molecular weight excluding hydrogens is 224 g/mol. The number of hydrogen-bond donors (Lipinski definition) is 2. The lowest BCUT2D eigenvalue weighted by Crippen LogP contribution is -2.28. The summed E-state index contributed by atoms with van der Waals surface area (Å²) in [5.41, 5.74) is 0. The van der Waals surface area contributed by atoms with Gasteiger partial charge >= 0.3 is 11.9 Å². The van der Waals surface area contributed by atoms with Gasteiger partial charge in [-0.15, -0.1) is 0 Å². The highest BCUT2D eigenvalue weighted by atomic mass is 16.5. The SMILES string of the molecule is CCCC(C(=O)O)[C@@H](O)CCCCC(=O)OC. The number of unbranched alkanes of at least 4 members (excludes halogenated alkanes) is 1. The summed E-state index contributed by atoms with van der Waals surface area (Å²) in [5.74, 6) is -1.92. The lowest BCUT2D eigenvalue weighted by molar-refractivity contribution is -0.146. The Balaban J connectivity index is 3.85. The number of rotatable bonds is 9. The van der Waals surface area contributed by atoms with Gasteiger partial charge in [0.1, 0.15) is 0 Å². The molecule has 100 valence electrons. The van der Waals surface area contributed by atoms with Crippen LogP contribution in [-0.2, 0) is 14.3 Å². The zero-order valence-electron chi connectivity index (χ0n) is 10.5. The third kappa shape index (κ3) is 6.94. The molecule has 0 spiro atoms. The topological polar surface area (TPSA) is 83.8 Å². The van der Waals surface area contributed by atoms with E-state index < -0.39 is 18.0 Å². The fraction of sp³-hybridized carbons (Fsp3) is 0.833. The third-order valence-corrected chi connectivity index (χ3v) is 2.74. The van der Waals surface area contributed by atoms with E-state index in [0.29, 0.717) is 32.1 Å². The van der Waals surface area contributed by atoms with Crippen molar-refractivity contribution in [3.05, 3.63) is 0 Å². The molecule has 1 unspecified atom stereocenters. The van der Waals surface area contributed by atoms with Gasteiger partial charge in [0.25, 0.3) is 0 Å². The molecule has 2 N–H and O–H groups in total. The lowest BCUT2D eigenvalue weighted by atomic mass is 9.93. The van der Waals surface area contributed by atoms with E-state index in [9.17, 15) is 14.7 Å². The predicted octanol–water partition coefficient (Wildman–Crippen LogP) is 1.58. The number of methoxy groups -OCH3 is 1. The zero-order valence-corrected chi connectivity index (χ0v) is 10.5. The maximum atomic E-state index is 10.9. The first-order valence-corrected chi connectivity index (χ1v) is 6.00. The second-order valence-corrected chi connectivity index (χ2v) is 4.12. The highest BCUT2D eigenvalue weighted by Gasteiger charge is 2.24. The van der Waals surface area contributed by atoms with Crippen LogP contribution in [0.25, 0.3) is 0 Å². The second kappa shape index (κ2) is 8.98. The van der Waals surface area contributed by atoms with Crippen LogP contribution in [0, 0.1) is 5.92 Å². The number of ether oxygens (including phenoxy) is 1. The number of hydrogen-bond acceptors (Lipinski definition) is 4. The first kappa shape index (κ1) is 15.9. The fourth-order valence-electron chi connectivity index (χ4n) is 1.72. The molecule has 0 aliphatic heterocycles. The van der Waals surface area contributed by atoms with Crippen molar-refractivity contribution in [3.63, 3.8) is 0 Å². The van der Waals surface area contributed by atoms with Gasteiger partial charge in [0.15, 0.2) is 0 Å². The molecule has 0 saturated heterocycles. The normalized spacial score (nSPS) is 14.1. The Morgan fingerprint density at radius 3 is 2.35 bits per heavy atom. The summed E-state index contributed by atoms with van der Waals surface area (Å²) in [7, 11) is 1.33. The molecule has 0 aromatic rings. The molecule has 0 heterocycles. The Labute approximate surface area is 102 Å². The summed E-state index contributed by atoms with van der Waals surface area (Å²) in [6.45, 7) is 1.89. The lowest BCUT2D eigenvalue weighted by Gasteiger charge is -2.18. The van der Waals surface area contributed by atoms with Crippen LogP contribution in [-0.4, -0.2) is 35.4 Å². The molecule has 0 aromatic heterocycles. The van der Waals surface area contributed by atoms with Crippen molar-refractivity contribution in [2.75, 3.05) is 7.11 Å². The number of esters is 1. The number of aliphatic hydroxyl groups is 1. The smallest absolute Gasteiger partial charge is 0.309 e. The molecule has 5 nitrogen and oxygen atoms in total. The summed E-state index contributed by atoms with van der Waals surface area (Å²) in [4.78, 5) is 21.7. The van der Waals surface area contributed by atoms with Crippen molar-refractivity contribution < 1.29 is 24.5 Å². The monoisotopic (exact) mass is 246 g/mol. The minimum absolute atomic E-state index is 0.275. The van der Waals surface area contributed by atoms with Crippen LogP contribution in [0.2, 0.25) is 0 Å². The second-order valence-electron chi connectivity index (χ2n) is 4.12. The van der Waals surface area contributed by atoms with Crippen LogP contribution in [0.4, 0.5) is 0 Å². The summed E-state index contributed by atoms with van der Waals surface area (Å²) < 4.78 is 4.49. The molecule has 5 heteroatoms. The average Bonchev–Trinajstić information content (AvgIpc) is 2.30. The van der Waals surface area contributed by atoms with Gasteiger partial charge in [-0.1, -0.05) is 19.8 Å². The quantitative estimate of drug-likeness (QED) is 0.476. The Bertz CT molecular complexity index is 239. The molecular formula is C12H22O5. The van der Waals surface area contributed by atoms with E-state index in [4.69, 9.17) is 5.11 Å². The molecule has 2 atom stereocenters. The van der Waals surface area contributed by atoms with E-state index >= 15 is 0 Å². The first-order valence-electron chi connectivity index (χ1n) is 6.00. The van der Waals surface area contributed by atoms with Crippen molar-refractivity contribution in [1.29, 1.82) is 0 Å². The Morgan fingerprint density at radius 1 is 1.24 bits per heavy atom. The molecule has 0 aliphatic rings. The van der Waals surface area contributed by atoms with Crippen molar-refractivity contribution >= 4 is 11.9 Å². The molecule has 0 aromatic carbocycles. The summed E-state index contributed by atoms with van der Waals surface area (Å²) >= 11 is 0. The van der Waals surface area contributed by atoms with Gasteiger partial charge < -0.3 is 14.9 Å². The third-order valence-electron chi connectivity index (χ3n) is 2.74. The number of carbonyl (C=O) groups excluding carboxylic acids is 1. The highest BCUT2D eigenvalue weighted by molar-refractivity contribution is 5.70. The minimum atomic E-state index is -0.952. The Kier molecular flexibility index (Phi) is 8.40. The van der Waals surface area contributed by atoms with Gasteiger partial charge in [-0.05, 0) is 19.3 Å². The number of aliphatic carboxylic acids is 1. The standard InChI is InChI=1S/C12H22O5/c1-3-6-9(12(15)16)10(13)7-4-5-8-11(14)17-2/h9-10,13H,3-8H2,1-2H3,(H,15,16)/t9?,10-/m0/s1. The van der Waals surface area contributed by atoms with E-state index in [-0.39, 0.29) is 5.97 Å². The molecule has 0 bridgehead atoms. The van der Waals surface area contributed by atoms with Gasteiger partial charge in [0, 0.05) is 6.42 Å². The zero-order chi connectivity index (χ0) is 13.3. The van der Waals surface area contributed by atoms with Crippen LogP contribution < -0.4 is 0 Å². The van der Waals surface area contributed by atoms with E-state index in [1.54, 1.807) is 0 Å². The predicted molar refractivity (Wildman–Crippen MR) is 62.5 cm³/mol. The van der Waals surface area contributed by atoms with Crippen LogP contribution in [0.5, 0.6) is 0 Å². The fourth-order valence-corrected chi connectivity index (χ4v) is 1.72. The van der Waals surface area contributed by atoms with Crippen LogP contribution in [0.3, 0.4) is 0 Å². The van der Waals surface area contributed by atoms with Crippen molar-refractivity contribution in [2.45, 2.75) is 51.6 Å². The minimum Gasteiger partial charge on any atom is -0.481 e. The molecule has 0 radical (unpaired) electrons. The molecule has 0 fully saturated rings. The Hall–Kier alpha value is -1.10. The van der Waals surface area contributed by atoms with Gasteiger partial charge in [-0.2, -0.15) is 0 Å². The maximum absolute atomic E-state index is 10.9.